The predicted octanol–water partition coefficient (Wildman–Crippen LogP) is 1.85. The van der Waals surface area contributed by atoms with Crippen molar-refractivity contribution in [3.05, 3.63) is 30.1 Å². The van der Waals surface area contributed by atoms with Gasteiger partial charge in [0.25, 0.3) is 0 Å². The third-order valence-corrected chi connectivity index (χ3v) is 4.97. The fourth-order valence-corrected chi connectivity index (χ4v) is 3.63. The lowest BCUT2D eigenvalue weighted by Crippen LogP contribution is -2.53. The van der Waals surface area contributed by atoms with Crippen LogP contribution in [0.5, 0.6) is 0 Å². The zero-order chi connectivity index (χ0) is 19.6. The molecule has 1 aromatic carbocycles. The quantitative estimate of drug-likeness (QED) is 0.855. The molecule has 0 bridgehead atoms. The number of benzene rings is 1. The van der Waals surface area contributed by atoms with E-state index in [-0.39, 0.29) is 17.9 Å². The highest BCUT2D eigenvalue weighted by atomic mass is 16.3. The summed E-state index contributed by atoms with van der Waals surface area (Å²) in [4.78, 5) is 23.2. The number of amides is 1. The normalized spacial score (nSPS) is 21.1. The van der Waals surface area contributed by atoms with Crippen molar-refractivity contribution in [3.8, 4) is 6.07 Å². The molecule has 2 N–H and O–H groups in total. The first kappa shape index (κ1) is 19.1. The summed E-state index contributed by atoms with van der Waals surface area (Å²) in [6, 6.07) is 5.77. The Bertz CT molecular complexity index is 876. The highest BCUT2D eigenvalue weighted by Gasteiger charge is 2.29. The molecule has 1 saturated heterocycles. The Morgan fingerprint density at radius 2 is 2.00 bits per heavy atom. The van der Waals surface area contributed by atoms with Gasteiger partial charge in [-0.2, -0.15) is 5.26 Å². The molecule has 7 heteroatoms. The highest BCUT2D eigenvalue weighted by molar-refractivity contribution is 5.92. The van der Waals surface area contributed by atoms with E-state index >= 15 is 0 Å². The van der Waals surface area contributed by atoms with E-state index in [4.69, 9.17) is 0 Å². The number of aliphatic hydroxyl groups is 1. The second-order valence-corrected chi connectivity index (χ2v) is 7.64. The minimum absolute atomic E-state index is 0.0583. The Morgan fingerprint density at radius 1 is 1.30 bits per heavy atom. The molecule has 0 saturated carbocycles. The molecule has 1 amide bonds. The maximum absolute atomic E-state index is 12.3. The van der Waals surface area contributed by atoms with Crippen LogP contribution in [0.4, 0.5) is 5.69 Å². The molecule has 2 aromatic rings. The molecule has 142 valence electrons. The average molecular weight is 367 g/mol. The lowest BCUT2D eigenvalue weighted by atomic mass is 9.94. The lowest BCUT2D eigenvalue weighted by molar-refractivity contribution is -0.132. The zero-order valence-corrected chi connectivity index (χ0v) is 15.9. The van der Waals surface area contributed by atoms with Crippen LogP contribution in [0.1, 0.15) is 32.8 Å². The Morgan fingerprint density at radius 3 is 2.67 bits per heavy atom. The lowest BCUT2D eigenvalue weighted by Gasteiger charge is -2.38. The zero-order valence-electron chi connectivity index (χ0n) is 15.9. The molecule has 1 aliphatic heterocycles. The van der Waals surface area contributed by atoms with Crippen LogP contribution in [0.2, 0.25) is 0 Å². The van der Waals surface area contributed by atoms with Crippen LogP contribution in [0.3, 0.4) is 0 Å². The van der Waals surface area contributed by atoms with Gasteiger partial charge in [0.1, 0.15) is 23.2 Å². The van der Waals surface area contributed by atoms with E-state index in [9.17, 15) is 15.2 Å². The summed E-state index contributed by atoms with van der Waals surface area (Å²) >= 11 is 0. The molecular formula is C20H25N5O2. The summed E-state index contributed by atoms with van der Waals surface area (Å²) in [5, 5.41) is 22.3. The number of hydrogen-bond donors (Lipinski definition) is 2. The SMILES string of the molecule is CC1CC(NC(=O)C(O)C(C)C)CN(c2ccc(C#N)c3nccnc23)C1. The van der Waals surface area contributed by atoms with Gasteiger partial charge < -0.3 is 15.3 Å². The number of aromatic nitrogens is 2. The van der Waals surface area contributed by atoms with Gasteiger partial charge in [-0.15, -0.1) is 0 Å². The predicted molar refractivity (Wildman–Crippen MR) is 103 cm³/mol. The molecule has 0 radical (unpaired) electrons. The van der Waals surface area contributed by atoms with Crippen molar-refractivity contribution in [3.63, 3.8) is 0 Å². The van der Waals surface area contributed by atoms with Gasteiger partial charge in [-0.25, -0.2) is 0 Å². The number of nitrogens with zero attached hydrogens (tertiary/aromatic N) is 4. The molecule has 2 heterocycles. The van der Waals surface area contributed by atoms with Crippen molar-refractivity contribution >= 4 is 22.6 Å². The van der Waals surface area contributed by atoms with Crippen LogP contribution in [0.15, 0.2) is 24.5 Å². The number of aliphatic hydroxyl groups excluding tert-OH is 1. The first-order valence-electron chi connectivity index (χ1n) is 9.28. The van der Waals surface area contributed by atoms with Crippen molar-refractivity contribution in [2.45, 2.75) is 39.3 Å². The fourth-order valence-electron chi connectivity index (χ4n) is 3.63. The third-order valence-electron chi connectivity index (χ3n) is 4.97. The van der Waals surface area contributed by atoms with E-state index in [1.807, 2.05) is 19.9 Å². The van der Waals surface area contributed by atoms with E-state index in [0.29, 0.717) is 29.1 Å². The minimum Gasteiger partial charge on any atom is -0.383 e. The molecular weight excluding hydrogens is 342 g/mol. The van der Waals surface area contributed by atoms with Crippen LogP contribution in [-0.2, 0) is 4.79 Å². The number of rotatable bonds is 4. The van der Waals surface area contributed by atoms with Crippen LogP contribution in [-0.4, -0.2) is 46.2 Å². The third kappa shape index (κ3) is 4.01. The van der Waals surface area contributed by atoms with Gasteiger partial charge in [0, 0.05) is 31.5 Å². The average Bonchev–Trinajstić information content (AvgIpc) is 2.65. The molecule has 27 heavy (non-hydrogen) atoms. The number of nitrogens with one attached hydrogen (secondary N) is 1. The van der Waals surface area contributed by atoms with Gasteiger partial charge >= 0.3 is 0 Å². The van der Waals surface area contributed by atoms with Gasteiger partial charge in [-0.05, 0) is 30.4 Å². The Labute approximate surface area is 159 Å². The monoisotopic (exact) mass is 367 g/mol. The number of piperidine rings is 1. The summed E-state index contributed by atoms with van der Waals surface area (Å²) in [6.45, 7) is 7.24. The molecule has 1 fully saturated rings. The van der Waals surface area contributed by atoms with Crippen LogP contribution < -0.4 is 10.2 Å². The van der Waals surface area contributed by atoms with Gasteiger partial charge in [0.2, 0.25) is 5.91 Å². The number of anilines is 1. The fraction of sp³-hybridized carbons (Fsp3) is 0.500. The Kier molecular flexibility index (Phi) is 5.57. The van der Waals surface area contributed by atoms with Gasteiger partial charge in [-0.1, -0.05) is 20.8 Å². The molecule has 0 aliphatic carbocycles. The number of carbonyl (C=O) groups excluding carboxylic acids is 1. The molecule has 1 aromatic heterocycles. The van der Waals surface area contributed by atoms with Gasteiger partial charge in [-0.3, -0.25) is 14.8 Å². The van der Waals surface area contributed by atoms with E-state index in [0.717, 1.165) is 18.7 Å². The summed E-state index contributed by atoms with van der Waals surface area (Å²) in [7, 11) is 0. The Balaban J connectivity index is 1.86. The van der Waals surface area contributed by atoms with Crippen molar-refractivity contribution < 1.29 is 9.90 Å². The van der Waals surface area contributed by atoms with Gasteiger partial charge in [0.15, 0.2) is 0 Å². The minimum atomic E-state index is -1.00. The summed E-state index contributed by atoms with van der Waals surface area (Å²) in [5.74, 6) is -0.0870. The van der Waals surface area contributed by atoms with E-state index in [1.54, 1.807) is 18.5 Å². The molecule has 1 aliphatic rings. The van der Waals surface area contributed by atoms with Crippen molar-refractivity contribution in [1.82, 2.24) is 15.3 Å². The maximum atomic E-state index is 12.3. The van der Waals surface area contributed by atoms with Crippen molar-refractivity contribution in [2.24, 2.45) is 11.8 Å². The number of fused-ring (bicyclic) bond motifs is 1. The second kappa shape index (κ2) is 7.89. The van der Waals surface area contributed by atoms with E-state index < -0.39 is 6.10 Å². The van der Waals surface area contributed by atoms with Crippen LogP contribution >= 0.6 is 0 Å². The topological polar surface area (TPSA) is 102 Å². The van der Waals surface area contributed by atoms with E-state index in [1.165, 1.54) is 0 Å². The van der Waals surface area contributed by atoms with Crippen LogP contribution in [0.25, 0.3) is 11.0 Å². The van der Waals surface area contributed by atoms with Crippen LogP contribution in [0, 0.1) is 23.2 Å². The molecule has 3 rings (SSSR count). The van der Waals surface area contributed by atoms with E-state index in [2.05, 4.69) is 33.2 Å². The number of nitriles is 1. The highest BCUT2D eigenvalue weighted by Crippen LogP contribution is 2.30. The number of hydrogen-bond acceptors (Lipinski definition) is 6. The van der Waals surface area contributed by atoms with Gasteiger partial charge in [0.05, 0.1) is 11.3 Å². The Hall–Kier alpha value is -2.72. The largest absolute Gasteiger partial charge is 0.383 e. The second-order valence-electron chi connectivity index (χ2n) is 7.64. The standard InChI is InChI=1S/C20H25N5O2/c1-12(2)19(26)20(27)24-15-8-13(3)10-25(11-15)16-5-4-14(9-21)17-18(16)23-7-6-22-17/h4-7,12-13,15,19,26H,8,10-11H2,1-3H3,(H,24,27). The molecule has 0 spiro atoms. The number of carbonyl (C=O) groups is 1. The first-order valence-corrected chi connectivity index (χ1v) is 9.28. The molecule has 3 atom stereocenters. The summed E-state index contributed by atoms with van der Waals surface area (Å²) < 4.78 is 0. The summed E-state index contributed by atoms with van der Waals surface area (Å²) in [6.07, 6.45) is 3.06. The maximum Gasteiger partial charge on any atom is 0.249 e. The first-order chi connectivity index (χ1) is 12.9. The van der Waals surface area contributed by atoms with Crippen molar-refractivity contribution in [1.29, 1.82) is 5.26 Å². The summed E-state index contributed by atoms with van der Waals surface area (Å²) in [5.41, 5.74) is 2.69. The smallest absolute Gasteiger partial charge is 0.249 e. The van der Waals surface area contributed by atoms with Crippen molar-refractivity contribution in [2.75, 3.05) is 18.0 Å². The molecule has 3 unspecified atom stereocenters. The molecule has 7 nitrogen and oxygen atoms in total.